The second kappa shape index (κ2) is 11.2. The van der Waals surface area contributed by atoms with E-state index >= 15 is 0 Å². The van der Waals surface area contributed by atoms with E-state index in [9.17, 15) is 9.59 Å². The molecule has 1 N–H and O–H groups in total. The van der Waals surface area contributed by atoms with Gasteiger partial charge in [0, 0.05) is 42.3 Å². The Balaban J connectivity index is 1.55. The monoisotopic (exact) mass is 455 g/mol. The van der Waals surface area contributed by atoms with Gasteiger partial charge in [-0.15, -0.1) is 0 Å². The molecule has 0 spiro atoms. The van der Waals surface area contributed by atoms with Crippen molar-refractivity contribution < 1.29 is 28.5 Å². The first-order chi connectivity index (χ1) is 16.0. The summed E-state index contributed by atoms with van der Waals surface area (Å²) < 4.78 is 21.0. The van der Waals surface area contributed by atoms with Crippen molar-refractivity contribution in [2.24, 2.45) is 11.0 Å². The Bertz CT molecular complexity index is 993. The van der Waals surface area contributed by atoms with E-state index in [4.69, 9.17) is 18.9 Å². The van der Waals surface area contributed by atoms with Crippen LogP contribution in [0.15, 0.2) is 41.5 Å². The summed E-state index contributed by atoms with van der Waals surface area (Å²) in [5, 5.41) is 4.07. The smallest absolute Gasteiger partial charge is 0.254 e. The predicted molar refractivity (Wildman–Crippen MR) is 123 cm³/mol. The highest BCUT2D eigenvalue weighted by Gasteiger charge is 2.28. The molecule has 0 aliphatic carbocycles. The first-order valence-corrected chi connectivity index (χ1v) is 10.6. The lowest BCUT2D eigenvalue weighted by atomic mass is 9.95. The van der Waals surface area contributed by atoms with Crippen molar-refractivity contribution in [2.75, 3.05) is 41.5 Å². The maximum absolute atomic E-state index is 12.9. The first kappa shape index (κ1) is 23.9. The standard InChI is InChI=1S/C24H29N3O6/c1-30-19-6-5-17(22(14-19)33-4)15-25-26-23(28)16-7-9-27(10-8-16)24(29)18-11-20(31-2)13-21(12-18)32-3/h5-6,11-16H,7-10H2,1-4H3,(H,26,28). The zero-order chi connectivity index (χ0) is 23.8. The highest BCUT2D eigenvalue weighted by atomic mass is 16.5. The van der Waals surface area contributed by atoms with Gasteiger partial charge in [-0.05, 0) is 37.1 Å². The van der Waals surface area contributed by atoms with Crippen molar-refractivity contribution in [1.82, 2.24) is 10.3 Å². The van der Waals surface area contributed by atoms with Crippen molar-refractivity contribution >= 4 is 18.0 Å². The molecule has 9 heteroatoms. The number of carbonyl (C=O) groups excluding carboxylic acids is 2. The number of carbonyl (C=O) groups is 2. The lowest BCUT2D eigenvalue weighted by Crippen LogP contribution is -2.42. The number of benzene rings is 2. The third-order valence-corrected chi connectivity index (χ3v) is 5.57. The molecule has 1 heterocycles. The molecule has 176 valence electrons. The average molecular weight is 456 g/mol. The van der Waals surface area contributed by atoms with Gasteiger partial charge in [-0.3, -0.25) is 9.59 Å². The van der Waals surface area contributed by atoms with Crippen LogP contribution in [0.4, 0.5) is 0 Å². The van der Waals surface area contributed by atoms with Crippen LogP contribution in [-0.4, -0.2) is 64.5 Å². The van der Waals surface area contributed by atoms with Crippen molar-refractivity contribution in [2.45, 2.75) is 12.8 Å². The van der Waals surface area contributed by atoms with Crippen molar-refractivity contribution in [1.29, 1.82) is 0 Å². The Kier molecular flexibility index (Phi) is 8.12. The molecule has 0 unspecified atom stereocenters. The zero-order valence-corrected chi connectivity index (χ0v) is 19.3. The SMILES string of the molecule is COc1cc(OC)cc(C(=O)N2CCC(C(=O)NN=Cc3ccc(OC)cc3OC)CC2)c1. The summed E-state index contributed by atoms with van der Waals surface area (Å²) in [6, 6.07) is 10.4. The molecule has 0 radical (unpaired) electrons. The van der Waals surface area contributed by atoms with Crippen molar-refractivity contribution in [3.8, 4) is 23.0 Å². The van der Waals surface area contributed by atoms with Crippen LogP contribution in [0.5, 0.6) is 23.0 Å². The summed E-state index contributed by atoms with van der Waals surface area (Å²) >= 11 is 0. The van der Waals surface area contributed by atoms with E-state index in [1.807, 2.05) is 0 Å². The number of amides is 2. The number of methoxy groups -OCH3 is 4. The van der Waals surface area contributed by atoms with Gasteiger partial charge >= 0.3 is 0 Å². The molecule has 0 bridgehead atoms. The minimum Gasteiger partial charge on any atom is -0.497 e. The van der Waals surface area contributed by atoms with Crippen LogP contribution in [0, 0.1) is 5.92 Å². The minimum atomic E-state index is -0.219. The predicted octanol–water partition coefficient (Wildman–Crippen LogP) is 2.72. The molecule has 1 aliphatic rings. The Morgan fingerprint density at radius 1 is 0.909 bits per heavy atom. The van der Waals surface area contributed by atoms with Gasteiger partial charge in [-0.25, -0.2) is 5.43 Å². The van der Waals surface area contributed by atoms with E-state index in [1.165, 1.54) is 6.21 Å². The van der Waals surface area contributed by atoms with Gasteiger partial charge in [0.05, 0.1) is 34.7 Å². The Labute approximate surface area is 193 Å². The summed E-state index contributed by atoms with van der Waals surface area (Å²) in [5.41, 5.74) is 3.80. The number of likely N-dealkylation sites (tertiary alicyclic amines) is 1. The number of nitrogens with one attached hydrogen (secondary N) is 1. The Morgan fingerprint density at radius 2 is 1.55 bits per heavy atom. The summed E-state index contributed by atoms with van der Waals surface area (Å²) in [7, 11) is 6.22. The summed E-state index contributed by atoms with van der Waals surface area (Å²) in [6.07, 6.45) is 2.64. The number of rotatable bonds is 8. The van der Waals surface area contributed by atoms with Crippen molar-refractivity contribution in [3.63, 3.8) is 0 Å². The molecule has 3 rings (SSSR count). The largest absolute Gasteiger partial charge is 0.497 e. The second-order valence-corrected chi connectivity index (χ2v) is 7.51. The van der Waals surface area contributed by atoms with E-state index in [2.05, 4.69) is 10.5 Å². The van der Waals surface area contributed by atoms with Gasteiger partial charge in [0.15, 0.2) is 0 Å². The zero-order valence-electron chi connectivity index (χ0n) is 19.3. The molecule has 1 saturated heterocycles. The van der Waals surface area contributed by atoms with Crippen molar-refractivity contribution in [3.05, 3.63) is 47.5 Å². The molecule has 33 heavy (non-hydrogen) atoms. The van der Waals surface area contributed by atoms with E-state index in [0.717, 1.165) is 0 Å². The van der Waals surface area contributed by atoms with Crippen LogP contribution in [-0.2, 0) is 4.79 Å². The Hall–Kier alpha value is -3.75. The fraction of sp³-hybridized carbons (Fsp3) is 0.375. The fourth-order valence-electron chi connectivity index (χ4n) is 3.64. The third kappa shape index (κ3) is 5.94. The maximum atomic E-state index is 12.9. The molecule has 1 fully saturated rings. The van der Waals surface area contributed by atoms with Crippen LogP contribution in [0.25, 0.3) is 0 Å². The molecule has 0 atom stereocenters. The van der Waals surface area contributed by atoms with Gasteiger partial charge in [0.2, 0.25) is 5.91 Å². The van der Waals surface area contributed by atoms with Crippen LogP contribution in [0.2, 0.25) is 0 Å². The highest BCUT2D eigenvalue weighted by molar-refractivity contribution is 5.95. The molecule has 0 saturated carbocycles. The topological polar surface area (TPSA) is 98.7 Å². The third-order valence-electron chi connectivity index (χ3n) is 5.57. The van der Waals surface area contributed by atoms with E-state index in [0.29, 0.717) is 60.1 Å². The normalized spacial score (nSPS) is 14.1. The first-order valence-electron chi connectivity index (χ1n) is 10.6. The molecule has 2 aromatic rings. The Morgan fingerprint density at radius 3 is 2.12 bits per heavy atom. The quantitative estimate of drug-likeness (QED) is 0.486. The molecular formula is C24H29N3O6. The summed E-state index contributed by atoms with van der Waals surface area (Å²) in [5.74, 6) is 1.86. The number of hydrogen-bond acceptors (Lipinski definition) is 7. The van der Waals surface area contributed by atoms with E-state index < -0.39 is 0 Å². The van der Waals surface area contributed by atoms with E-state index in [1.54, 1.807) is 69.7 Å². The number of piperidine rings is 1. The van der Waals surface area contributed by atoms with Gasteiger partial charge in [0.1, 0.15) is 23.0 Å². The minimum absolute atomic E-state index is 0.115. The number of ether oxygens (including phenoxy) is 4. The molecule has 1 aliphatic heterocycles. The number of hydrogen-bond donors (Lipinski definition) is 1. The molecule has 0 aromatic heterocycles. The van der Waals surface area contributed by atoms with Crippen LogP contribution < -0.4 is 24.4 Å². The van der Waals surface area contributed by atoms with Gasteiger partial charge < -0.3 is 23.8 Å². The molecular weight excluding hydrogens is 426 g/mol. The highest BCUT2D eigenvalue weighted by Crippen LogP contribution is 2.26. The maximum Gasteiger partial charge on any atom is 0.254 e. The average Bonchev–Trinajstić information content (AvgIpc) is 2.87. The summed E-state index contributed by atoms with van der Waals surface area (Å²) in [4.78, 5) is 27.2. The van der Waals surface area contributed by atoms with Crippen LogP contribution >= 0.6 is 0 Å². The molecule has 2 amide bonds. The second-order valence-electron chi connectivity index (χ2n) is 7.51. The van der Waals surface area contributed by atoms with Gasteiger partial charge in [0.25, 0.3) is 5.91 Å². The summed E-state index contributed by atoms with van der Waals surface area (Å²) in [6.45, 7) is 0.957. The lowest BCUT2D eigenvalue weighted by Gasteiger charge is -2.31. The lowest BCUT2D eigenvalue weighted by molar-refractivity contribution is -0.126. The van der Waals surface area contributed by atoms with Gasteiger partial charge in [-0.1, -0.05) is 0 Å². The fourth-order valence-corrected chi connectivity index (χ4v) is 3.64. The molecule has 9 nitrogen and oxygen atoms in total. The van der Waals surface area contributed by atoms with Gasteiger partial charge in [-0.2, -0.15) is 5.10 Å². The number of hydrazone groups is 1. The van der Waals surface area contributed by atoms with Crippen LogP contribution in [0.3, 0.4) is 0 Å². The number of nitrogens with zero attached hydrogens (tertiary/aromatic N) is 2. The van der Waals surface area contributed by atoms with E-state index in [-0.39, 0.29) is 17.7 Å². The molecule has 2 aromatic carbocycles. The van der Waals surface area contributed by atoms with Crippen LogP contribution in [0.1, 0.15) is 28.8 Å².